The minimum Gasteiger partial charge on any atom is -0.469 e. The Hall–Kier alpha value is -1.88. The number of methoxy groups -OCH3 is 1. The van der Waals surface area contributed by atoms with E-state index < -0.39 is 0 Å². The summed E-state index contributed by atoms with van der Waals surface area (Å²) in [5.74, 6) is -0.172. The van der Waals surface area contributed by atoms with E-state index in [2.05, 4.69) is 33.8 Å². The number of aryl methyl sites for hydroxylation is 1. The SMILES string of the molecule is CCN(CCC(=O)OC)Cc1nn(C)c2ccccc12. The molecule has 0 atom stereocenters. The number of fused-ring (bicyclic) bond motifs is 1. The van der Waals surface area contributed by atoms with E-state index in [1.807, 2.05) is 23.9 Å². The molecule has 2 rings (SSSR count). The maximum absolute atomic E-state index is 11.2. The van der Waals surface area contributed by atoms with E-state index in [0.717, 1.165) is 24.3 Å². The Kier molecular flexibility index (Phi) is 4.74. The number of carbonyl (C=O) groups excluding carboxylic acids is 1. The van der Waals surface area contributed by atoms with Gasteiger partial charge in [0.25, 0.3) is 0 Å². The lowest BCUT2D eigenvalue weighted by Crippen LogP contribution is -2.26. The van der Waals surface area contributed by atoms with Crippen molar-refractivity contribution in [3.8, 4) is 0 Å². The van der Waals surface area contributed by atoms with E-state index in [1.165, 1.54) is 12.5 Å². The van der Waals surface area contributed by atoms with Gasteiger partial charge in [-0.05, 0) is 12.6 Å². The van der Waals surface area contributed by atoms with Crippen molar-refractivity contribution in [3.63, 3.8) is 0 Å². The largest absolute Gasteiger partial charge is 0.469 e. The number of benzene rings is 1. The van der Waals surface area contributed by atoms with Crippen molar-refractivity contribution < 1.29 is 9.53 Å². The van der Waals surface area contributed by atoms with Crippen LogP contribution in [0.15, 0.2) is 24.3 Å². The van der Waals surface area contributed by atoms with Crippen LogP contribution in [0.25, 0.3) is 10.9 Å². The number of para-hydroxylation sites is 1. The minimum absolute atomic E-state index is 0.172. The highest BCUT2D eigenvalue weighted by Gasteiger charge is 2.12. The van der Waals surface area contributed by atoms with Crippen LogP contribution < -0.4 is 0 Å². The summed E-state index contributed by atoms with van der Waals surface area (Å²) in [6, 6.07) is 8.20. The van der Waals surface area contributed by atoms with Gasteiger partial charge < -0.3 is 4.74 Å². The number of esters is 1. The minimum atomic E-state index is -0.172. The molecule has 0 saturated carbocycles. The Labute approximate surface area is 119 Å². The lowest BCUT2D eigenvalue weighted by molar-refractivity contribution is -0.141. The summed E-state index contributed by atoms with van der Waals surface area (Å²) in [6.45, 7) is 4.40. The molecule has 0 aliphatic heterocycles. The number of aromatic nitrogens is 2. The van der Waals surface area contributed by atoms with Crippen LogP contribution in [0.5, 0.6) is 0 Å². The molecule has 1 aromatic carbocycles. The summed E-state index contributed by atoms with van der Waals surface area (Å²) in [7, 11) is 3.38. The average molecular weight is 275 g/mol. The maximum atomic E-state index is 11.2. The molecular weight excluding hydrogens is 254 g/mol. The Morgan fingerprint density at radius 3 is 2.85 bits per heavy atom. The van der Waals surface area contributed by atoms with Gasteiger partial charge in [-0.3, -0.25) is 14.4 Å². The van der Waals surface area contributed by atoms with E-state index in [9.17, 15) is 4.79 Å². The highest BCUT2D eigenvalue weighted by Crippen LogP contribution is 2.18. The van der Waals surface area contributed by atoms with Crippen LogP contribution in [0.1, 0.15) is 19.0 Å². The fraction of sp³-hybridized carbons (Fsp3) is 0.467. The Morgan fingerprint density at radius 2 is 2.15 bits per heavy atom. The predicted molar refractivity (Wildman–Crippen MR) is 78.3 cm³/mol. The fourth-order valence-corrected chi connectivity index (χ4v) is 2.32. The molecule has 0 saturated heterocycles. The van der Waals surface area contributed by atoms with Crippen molar-refractivity contribution in [1.29, 1.82) is 0 Å². The molecule has 0 N–H and O–H groups in total. The zero-order valence-corrected chi connectivity index (χ0v) is 12.3. The molecule has 1 heterocycles. The van der Waals surface area contributed by atoms with Crippen LogP contribution in [0, 0.1) is 0 Å². The Balaban J connectivity index is 2.11. The first-order valence-electron chi connectivity index (χ1n) is 6.85. The summed E-state index contributed by atoms with van der Waals surface area (Å²) in [5.41, 5.74) is 2.18. The van der Waals surface area contributed by atoms with Gasteiger partial charge in [0.2, 0.25) is 0 Å². The molecule has 0 fully saturated rings. The molecule has 2 aromatic rings. The molecule has 0 bridgehead atoms. The van der Waals surface area contributed by atoms with Crippen molar-refractivity contribution in [2.75, 3.05) is 20.2 Å². The first kappa shape index (κ1) is 14.5. The highest BCUT2D eigenvalue weighted by atomic mass is 16.5. The van der Waals surface area contributed by atoms with Crippen molar-refractivity contribution >= 4 is 16.9 Å². The van der Waals surface area contributed by atoms with E-state index in [1.54, 1.807) is 0 Å². The third-order valence-electron chi connectivity index (χ3n) is 3.51. The van der Waals surface area contributed by atoms with Crippen LogP contribution in [0.2, 0.25) is 0 Å². The van der Waals surface area contributed by atoms with E-state index in [4.69, 9.17) is 0 Å². The van der Waals surface area contributed by atoms with E-state index >= 15 is 0 Å². The van der Waals surface area contributed by atoms with Crippen LogP contribution >= 0.6 is 0 Å². The van der Waals surface area contributed by atoms with Crippen LogP contribution in [0.3, 0.4) is 0 Å². The second-order valence-electron chi connectivity index (χ2n) is 4.78. The van der Waals surface area contributed by atoms with Crippen molar-refractivity contribution in [1.82, 2.24) is 14.7 Å². The number of ether oxygens (including phenoxy) is 1. The summed E-state index contributed by atoms with van der Waals surface area (Å²) in [6.07, 6.45) is 0.412. The number of carbonyl (C=O) groups is 1. The Morgan fingerprint density at radius 1 is 1.40 bits per heavy atom. The monoisotopic (exact) mass is 275 g/mol. The smallest absolute Gasteiger partial charge is 0.306 e. The molecule has 108 valence electrons. The van der Waals surface area contributed by atoms with E-state index in [0.29, 0.717) is 13.0 Å². The van der Waals surface area contributed by atoms with Gasteiger partial charge in [0.15, 0.2) is 0 Å². The highest BCUT2D eigenvalue weighted by molar-refractivity contribution is 5.81. The van der Waals surface area contributed by atoms with Gasteiger partial charge in [-0.2, -0.15) is 5.10 Å². The third kappa shape index (κ3) is 3.17. The number of rotatable bonds is 6. The second kappa shape index (κ2) is 6.52. The number of nitrogens with zero attached hydrogens (tertiary/aromatic N) is 3. The fourth-order valence-electron chi connectivity index (χ4n) is 2.32. The molecule has 0 aliphatic rings. The summed E-state index contributed by atoms with van der Waals surface area (Å²) in [4.78, 5) is 13.4. The molecule has 1 aromatic heterocycles. The summed E-state index contributed by atoms with van der Waals surface area (Å²) in [5, 5.41) is 5.76. The molecular formula is C15H21N3O2. The molecule has 20 heavy (non-hydrogen) atoms. The van der Waals surface area contributed by atoms with Crippen molar-refractivity contribution in [2.24, 2.45) is 7.05 Å². The van der Waals surface area contributed by atoms with Crippen LogP contribution in [-0.4, -0.2) is 40.8 Å². The van der Waals surface area contributed by atoms with Gasteiger partial charge in [-0.15, -0.1) is 0 Å². The standard InChI is InChI=1S/C15H21N3O2/c1-4-18(10-9-15(19)20-3)11-13-12-7-5-6-8-14(12)17(2)16-13/h5-8H,4,9-11H2,1-3H3. The quantitative estimate of drug-likeness (QED) is 0.756. The van der Waals surface area contributed by atoms with E-state index in [-0.39, 0.29) is 5.97 Å². The molecule has 0 spiro atoms. The Bertz CT molecular complexity index is 592. The van der Waals surface area contributed by atoms with Crippen LogP contribution in [0.4, 0.5) is 0 Å². The van der Waals surface area contributed by atoms with Gasteiger partial charge in [0, 0.05) is 25.5 Å². The normalized spacial score (nSPS) is 11.2. The molecule has 0 unspecified atom stereocenters. The topological polar surface area (TPSA) is 47.4 Å². The summed E-state index contributed by atoms with van der Waals surface area (Å²) < 4.78 is 6.59. The number of hydrogen-bond acceptors (Lipinski definition) is 4. The van der Waals surface area contributed by atoms with Gasteiger partial charge >= 0.3 is 5.97 Å². The van der Waals surface area contributed by atoms with Gasteiger partial charge in [-0.1, -0.05) is 25.1 Å². The maximum Gasteiger partial charge on any atom is 0.306 e. The molecule has 0 aliphatic carbocycles. The zero-order chi connectivity index (χ0) is 14.5. The van der Waals surface area contributed by atoms with Gasteiger partial charge in [0.05, 0.1) is 24.7 Å². The summed E-state index contributed by atoms with van der Waals surface area (Å²) >= 11 is 0. The molecule has 0 radical (unpaired) electrons. The van der Waals surface area contributed by atoms with Gasteiger partial charge in [-0.25, -0.2) is 0 Å². The predicted octanol–water partition coefficient (Wildman–Crippen LogP) is 1.96. The first-order chi connectivity index (χ1) is 9.65. The van der Waals surface area contributed by atoms with Crippen LogP contribution in [-0.2, 0) is 23.1 Å². The lowest BCUT2D eigenvalue weighted by Gasteiger charge is -2.18. The third-order valence-corrected chi connectivity index (χ3v) is 3.51. The molecule has 5 heteroatoms. The first-order valence-corrected chi connectivity index (χ1v) is 6.85. The molecule has 0 amide bonds. The second-order valence-corrected chi connectivity index (χ2v) is 4.78. The van der Waals surface area contributed by atoms with Crippen molar-refractivity contribution in [2.45, 2.75) is 19.9 Å². The zero-order valence-electron chi connectivity index (χ0n) is 12.3. The number of hydrogen-bond donors (Lipinski definition) is 0. The van der Waals surface area contributed by atoms with Crippen molar-refractivity contribution in [3.05, 3.63) is 30.0 Å². The molecule has 5 nitrogen and oxygen atoms in total. The van der Waals surface area contributed by atoms with Gasteiger partial charge in [0.1, 0.15) is 0 Å². The lowest BCUT2D eigenvalue weighted by atomic mass is 10.2. The average Bonchev–Trinajstić information content (AvgIpc) is 2.80.